The predicted molar refractivity (Wildman–Crippen MR) is 171 cm³/mol. The summed E-state index contributed by atoms with van der Waals surface area (Å²) < 4.78 is 22.8. The number of hydrogen-bond donors (Lipinski definition) is 0. The Balaban J connectivity index is 1.85. The van der Waals surface area contributed by atoms with E-state index in [1.807, 2.05) is 18.2 Å². The normalized spacial score (nSPS) is 11.1. The molecular weight excluding hydrogens is 632 g/mol. The minimum Gasteiger partial charge on any atom is -0.494 e. The fraction of sp³-hybridized carbons (Fsp3) is 0.559. The van der Waals surface area contributed by atoms with Crippen molar-refractivity contribution in [1.82, 2.24) is 0 Å². The number of carbonyl (C=O) groups is 3. The van der Waals surface area contributed by atoms with Gasteiger partial charge in [0, 0.05) is 17.3 Å². The summed E-state index contributed by atoms with van der Waals surface area (Å²) in [5.74, 6) is 0.270. The van der Waals surface area contributed by atoms with E-state index in [0.717, 1.165) is 49.0 Å². The summed E-state index contributed by atoms with van der Waals surface area (Å²) in [6.07, 6.45) is 6.33. The molecule has 10 heteroatoms. The zero-order valence-electron chi connectivity index (χ0n) is 26.7. The average Bonchev–Trinajstić information content (AvgIpc) is 2.96. The van der Waals surface area contributed by atoms with Crippen molar-refractivity contribution in [3.05, 3.63) is 57.6 Å². The third-order valence-corrected chi connectivity index (χ3v) is 6.74. The number of rotatable bonds is 20. The van der Waals surface area contributed by atoms with Crippen LogP contribution in [0.5, 0.6) is 11.5 Å². The monoisotopic (exact) mass is 678 g/mol. The molecule has 2 aromatic rings. The predicted octanol–water partition coefficient (Wildman–Crippen LogP) is 7.74. The lowest BCUT2D eigenvalue weighted by Gasteiger charge is -2.16. The first-order chi connectivity index (χ1) is 21.0. The molecule has 0 aliphatic rings. The van der Waals surface area contributed by atoms with E-state index in [4.69, 9.17) is 28.7 Å². The Morgan fingerprint density at radius 3 is 2.16 bits per heavy atom. The molecule has 44 heavy (non-hydrogen) atoms. The summed E-state index contributed by atoms with van der Waals surface area (Å²) in [6.45, 7) is 10.6. The molecule has 0 unspecified atom stereocenters. The summed E-state index contributed by atoms with van der Waals surface area (Å²) >= 11 is 3.42. The molecule has 0 aliphatic heterocycles. The van der Waals surface area contributed by atoms with Crippen molar-refractivity contribution in [1.29, 1.82) is 0 Å². The Kier molecular flexibility index (Phi) is 16.9. The number of aryl methyl sites for hydroxylation is 1. The molecule has 0 radical (unpaired) electrons. The zero-order chi connectivity index (χ0) is 32.4. The van der Waals surface area contributed by atoms with Crippen LogP contribution in [0.2, 0.25) is 0 Å². The van der Waals surface area contributed by atoms with Gasteiger partial charge in [-0.3, -0.25) is 14.5 Å². The largest absolute Gasteiger partial charge is 0.494 e. The minimum absolute atomic E-state index is 0.231. The van der Waals surface area contributed by atoms with Crippen LogP contribution >= 0.6 is 15.9 Å². The third-order valence-electron chi connectivity index (χ3n) is 6.29. The maximum absolute atomic E-state index is 12.4. The van der Waals surface area contributed by atoms with Crippen molar-refractivity contribution >= 4 is 33.8 Å². The molecule has 9 nitrogen and oxygen atoms in total. The lowest BCUT2D eigenvalue weighted by Crippen LogP contribution is -2.22. The Bertz CT molecular complexity index is 1190. The first-order valence-corrected chi connectivity index (χ1v) is 16.2. The Morgan fingerprint density at radius 2 is 1.45 bits per heavy atom. The van der Waals surface area contributed by atoms with Gasteiger partial charge in [-0.25, -0.2) is 4.79 Å². The molecule has 0 bridgehead atoms. The molecule has 0 atom stereocenters. The first-order valence-electron chi connectivity index (χ1n) is 15.4. The quantitative estimate of drug-likeness (QED) is 0.0601. The van der Waals surface area contributed by atoms with E-state index >= 15 is 0 Å². The lowest BCUT2D eigenvalue weighted by atomic mass is 9.96. The van der Waals surface area contributed by atoms with Crippen LogP contribution in [0.25, 0.3) is 0 Å². The van der Waals surface area contributed by atoms with Crippen LogP contribution in [0.1, 0.15) is 101 Å². The summed E-state index contributed by atoms with van der Waals surface area (Å²) in [6, 6.07) is 11.1. The fourth-order valence-electron chi connectivity index (χ4n) is 4.29. The highest BCUT2D eigenvalue weighted by Crippen LogP contribution is 2.27. The van der Waals surface area contributed by atoms with Crippen LogP contribution in [-0.4, -0.2) is 49.9 Å². The number of esters is 2. The highest BCUT2D eigenvalue weighted by Gasteiger charge is 2.18. The van der Waals surface area contributed by atoms with E-state index in [1.165, 1.54) is 0 Å². The van der Waals surface area contributed by atoms with Crippen LogP contribution in [0.3, 0.4) is 0 Å². The van der Waals surface area contributed by atoms with Gasteiger partial charge in [0.2, 0.25) is 0 Å². The van der Waals surface area contributed by atoms with E-state index in [2.05, 4.69) is 22.0 Å². The highest BCUT2D eigenvalue weighted by molar-refractivity contribution is 9.10. The molecule has 0 N–H and O–H groups in total. The molecule has 244 valence electrons. The van der Waals surface area contributed by atoms with E-state index in [-0.39, 0.29) is 18.4 Å². The van der Waals surface area contributed by atoms with Gasteiger partial charge in [0.1, 0.15) is 17.1 Å². The minimum atomic E-state index is -0.603. The van der Waals surface area contributed by atoms with Crippen molar-refractivity contribution in [2.24, 2.45) is 0 Å². The van der Waals surface area contributed by atoms with E-state index in [1.54, 1.807) is 46.8 Å². The Labute approximate surface area is 269 Å². The topological polar surface area (TPSA) is 107 Å². The smallest absolute Gasteiger partial charge is 0.373 e. The van der Waals surface area contributed by atoms with Crippen LogP contribution < -0.4 is 9.47 Å². The van der Waals surface area contributed by atoms with E-state index in [9.17, 15) is 14.4 Å². The van der Waals surface area contributed by atoms with Crippen molar-refractivity contribution in [2.75, 3.05) is 26.4 Å². The summed E-state index contributed by atoms with van der Waals surface area (Å²) in [7, 11) is 0. The number of unbranched alkanes of at least 4 members (excludes halogenated alkanes) is 3. The molecule has 0 aromatic heterocycles. The molecule has 0 aliphatic carbocycles. The Morgan fingerprint density at radius 1 is 0.773 bits per heavy atom. The second-order valence-corrected chi connectivity index (χ2v) is 12.1. The molecular formula is C34H47BrO9. The van der Waals surface area contributed by atoms with Crippen LogP contribution in [-0.2, 0) is 41.7 Å². The van der Waals surface area contributed by atoms with Crippen molar-refractivity contribution in [3.63, 3.8) is 0 Å². The fourth-order valence-corrected chi connectivity index (χ4v) is 4.76. The van der Waals surface area contributed by atoms with Gasteiger partial charge in [-0.1, -0.05) is 40.9 Å². The first kappa shape index (κ1) is 37.1. The van der Waals surface area contributed by atoms with Gasteiger partial charge in [-0.2, -0.15) is 4.89 Å². The number of ether oxygens (including phenoxy) is 4. The van der Waals surface area contributed by atoms with Gasteiger partial charge in [0.15, 0.2) is 0 Å². The maximum Gasteiger partial charge on any atom is 0.373 e. The molecule has 2 aromatic carbocycles. The van der Waals surface area contributed by atoms with Gasteiger partial charge < -0.3 is 18.9 Å². The molecule has 0 saturated carbocycles. The average molecular weight is 680 g/mol. The zero-order valence-corrected chi connectivity index (χ0v) is 28.3. The summed E-state index contributed by atoms with van der Waals surface area (Å²) in [5.41, 5.74) is 1.89. The summed E-state index contributed by atoms with van der Waals surface area (Å²) in [5, 5.41) is 0. The second kappa shape index (κ2) is 20.0. The number of benzene rings is 2. The van der Waals surface area contributed by atoms with Crippen molar-refractivity contribution < 1.29 is 43.1 Å². The van der Waals surface area contributed by atoms with E-state index in [0.29, 0.717) is 61.5 Å². The standard InChI is InChI=1S/C34H47BrO9/c1-6-39-31(36)17-13-21-42-30-16-12-15-25(29(30)18-19-32(37)40-7-2)14-10-8-9-11-20-41-28-23-26(22-27(35)24-28)33(38)43-44-34(3,4)5/h12,15-16,22-24H,6-11,13-14,17-21H2,1-5H3. The molecule has 0 saturated heterocycles. The molecule has 0 spiro atoms. The third kappa shape index (κ3) is 15.1. The number of halogens is 1. The van der Waals surface area contributed by atoms with Crippen LogP contribution in [0.15, 0.2) is 40.9 Å². The second-order valence-electron chi connectivity index (χ2n) is 11.2. The molecule has 0 amide bonds. The maximum atomic E-state index is 12.4. The van der Waals surface area contributed by atoms with Crippen molar-refractivity contribution in [3.8, 4) is 11.5 Å². The van der Waals surface area contributed by atoms with Gasteiger partial charge in [-0.05, 0) is 102 Å². The number of hydrogen-bond acceptors (Lipinski definition) is 9. The molecule has 2 rings (SSSR count). The Hall–Kier alpha value is -3.11. The lowest BCUT2D eigenvalue weighted by molar-refractivity contribution is -0.301. The van der Waals surface area contributed by atoms with E-state index < -0.39 is 11.6 Å². The van der Waals surface area contributed by atoms with Gasteiger partial charge >= 0.3 is 17.9 Å². The SMILES string of the molecule is CCOC(=O)CCCOc1cccc(CCCCCCOc2cc(Br)cc(C(=O)OOC(C)(C)C)c2)c1CCC(=O)OCC. The van der Waals surface area contributed by atoms with Gasteiger partial charge in [-0.15, -0.1) is 0 Å². The van der Waals surface area contributed by atoms with Gasteiger partial charge in [0.05, 0.1) is 32.0 Å². The van der Waals surface area contributed by atoms with Crippen molar-refractivity contribution in [2.45, 2.75) is 98.0 Å². The van der Waals surface area contributed by atoms with Gasteiger partial charge in [0.25, 0.3) is 0 Å². The van der Waals surface area contributed by atoms with Crippen LogP contribution in [0, 0.1) is 0 Å². The highest BCUT2D eigenvalue weighted by atomic mass is 79.9. The van der Waals surface area contributed by atoms with Crippen LogP contribution in [0.4, 0.5) is 0 Å². The molecule has 0 fully saturated rings. The summed E-state index contributed by atoms with van der Waals surface area (Å²) in [4.78, 5) is 46.1. The number of carbonyl (C=O) groups excluding carboxylic acids is 3. The molecule has 0 heterocycles.